The Morgan fingerprint density at radius 1 is 1.00 bits per heavy atom. The molecule has 1 heterocycles. The predicted molar refractivity (Wildman–Crippen MR) is 133 cm³/mol. The maximum Gasteiger partial charge on any atom is 0.416 e. The third-order valence-electron chi connectivity index (χ3n) is 5.31. The van der Waals surface area contributed by atoms with Gasteiger partial charge in [0, 0.05) is 17.3 Å². The van der Waals surface area contributed by atoms with Gasteiger partial charge in [0.15, 0.2) is 5.82 Å². The molecule has 10 heteroatoms. The molecule has 1 amide bonds. The number of nitrogens with one attached hydrogen (secondary N) is 1. The molecule has 0 fully saturated rings. The summed E-state index contributed by atoms with van der Waals surface area (Å²) in [6.45, 7) is 2.06. The largest absolute Gasteiger partial charge is 0.487 e. The molecule has 0 unspecified atom stereocenters. The van der Waals surface area contributed by atoms with Crippen molar-refractivity contribution < 1.29 is 22.7 Å². The first-order valence-electron chi connectivity index (χ1n) is 10.8. The lowest BCUT2D eigenvalue weighted by atomic mass is 10.1. The first-order chi connectivity index (χ1) is 17.1. The van der Waals surface area contributed by atoms with Crippen LogP contribution in [-0.4, -0.2) is 15.7 Å². The highest BCUT2D eigenvalue weighted by Crippen LogP contribution is 2.32. The molecule has 4 rings (SSSR count). The van der Waals surface area contributed by atoms with E-state index in [9.17, 15) is 18.0 Å². The van der Waals surface area contributed by atoms with Crippen molar-refractivity contribution in [3.05, 3.63) is 111 Å². The maximum absolute atomic E-state index is 13.0. The third kappa shape index (κ3) is 6.19. The van der Waals surface area contributed by atoms with Crippen LogP contribution in [0, 0.1) is 6.92 Å². The number of carbonyl (C=O) groups is 1. The number of rotatable bonds is 7. The Bertz CT molecular complexity index is 1400. The molecule has 0 bridgehead atoms. The van der Waals surface area contributed by atoms with Crippen LogP contribution >= 0.6 is 23.2 Å². The lowest BCUT2D eigenvalue weighted by Crippen LogP contribution is -2.13. The molecule has 0 saturated heterocycles. The van der Waals surface area contributed by atoms with Gasteiger partial charge in [-0.2, -0.15) is 18.3 Å². The Hall–Kier alpha value is -3.49. The van der Waals surface area contributed by atoms with Crippen molar-refractivity contribution in [2.75, 3.05) is 5.32 Å². The Morgan fingerprint density at radius 3 is 2.50 bits per heavy atom. The molecule has 0 aliphatic carbocycles. The summed E-state index contributed by atoms with van der Waals surface area (Å²) in [5.41, 5.74) is 1.54. The number of nitrogens with zero attached hydrogens (tertiary/aromatic N) is 2. The van der Waals surface area contributed by atoms with E-state index >= 15 is 0 Å². The minimum Gasteiger partial charge on any atom is -0.487 e. The van der Waals surface area contributed by atoms with Crippen molar-refractivity contribution in [1.29, 1.82) is 0 Å². The lowest BCUT2D eigenvalue weighted by Gasteiger charge is -2.10. The quantitative estimate of drug-likeness (QED) is 0.269. The molecular weight excluding hydrogens is 514 g/mol. The normalized spacial score (nSPS) is 11.4. The fraction of sp³-hybridized carbons (Fsp3) is 0.154. The van der Waals surface area contributed by atoms with E-state index in [2.05, 4.69) is 10.4 Å². The average Bonchev–Trinajstić information content (AvgIpc) is 3.18. The summed E-state index contributed by atoms with van der Waals surface area (Å²) in [4.78, 5) is 12.8. The van der Waals surface area contributed by atoms with Crippen LogP contribution in [0.2, 0.25) is 10.0 Å². The highest BCUT2D eigenvalue weighted by atomic mass is 35.5. The van der Waals surface area contributed by atoms with Gasteiger partial charge in [-0.05, 0) is 54.4 Å². The summed E-state index contributed by atoms with van der Waals surface area (Å²) >= 11 is 12.1. The zero-order chi connectivity index (χ0) is 25.9. The zero-order valence-corrected chi connectivity index (χ0v) is 20.5. The molecule has 1 aromatic heterocycles. The summed E-state index contributed by atoms with van der Waals surface area (Å²) in [5.74, 6) is 0.332. The Kier molecular flexibility index (Phi) is 7.56. The van der Waals surface area contributed by atoms with Crippen LogP contribution in [0.5, 0.6) is 5.75 Å². The number of hydrogen-bond acceptors (Lipinski definition) is 3. The Morgan fingerprint density at radius 2 is 1.72 bits per heavy atom. The topological polar surface area (TPSA) is 56.1 Å². The van der Waals surface area contributed by atoms with Crippen LogP contribution in [-0.2, 0) is 19.3 Å². The average molecular weight is 534 g/mol. The first kappa shape index (κ1) is 25.6. The van der Waals surface area contributed by atoms with E-state index in [1.807, 2.05) is 6.07 Å². The van der Waals surface area contributed by atoms with Crippen LogP contribution < -0.4 is 10.1 Å². The minimum atomic E-state index is -4.42. The van der Waals surface area contributed by atoms with E-state index in [1.165, 1.54) is 10.7 Å². The van der Waals surface area contributed by atoms with Gasteiger partial charge in [0.2, 0.25) is 0 Å². The molecule has 0 aliphatic rings. The molecule has 3 aromatic carbocycles. The Balaban J connectivity index is 1.42. The van der Waals surface area contributed by atoms with Crippen LogP contribution in [0.15, 0.2) is 72.8 Å². The lowest BCUT2D eigenvalue weighted by molar-refractivity contribution is -0.137. The number of halogens is 5. The zero-order valence-electron chi connectivity index (χ0n) is 18.9. The number of aromatic nitrogens is 2. The van der Waals surface area contributed by atoms with Crippen LogP contribution in [0.4, 0.5) is 19.0 Å². The van der Waals surface area contributed by atoms with Gasteiger partial charge in [0.1, 0.15) is 17.4 Å². The number of alkyl halides is 3. The van der Waals surface area contributed by atoms with Crippen LogP contribution in [0.25, 0.3) is 0 Å². The summed E-state index contributed by atoms with van der Waals surface area (Å²) < 4.78 is 46.3. The molecule has 4 aromatic rings. The summed E-state index contributed by atoms with van der Waals surface area (Å²) in [6.07, 6.45) is -4.42. The van der Waals surface area contributed by atoms with Gasteiger partial charge in [0.25, 0.3) is 5.91 Å². The monoisotopic (exact) mass is 533 g/mol. The second-order valence-corrected chi connectivity index (χ2v) is 8.81. The summed E-state index contributed by atoms with van der Waals surface area (Å²) in [7, 11) is 0. The number of ether oxygens (including phenoxy) is 1. The van der Waals surface area contributed by atoms with Gasteiger partial charge < -0.3 is 10.1 Å². The number of hydrogen-bond donors (Lipinski definition) is 1. The molecular formula is C26H20Cl2F3N3O2. The molecule has 186 valence electrons. The van der Waals surface area contributed by atoms with E-state index in [4.69, 9.17) is 27.9 Å². The van der Waals surface area contributed by atoms with Crippen molar-refractivity contribution in [1.82, 2.24) is 9.78 Å². The number of aryl methyl sites for hydroxylation is 1. The van der Waals surface area contributed by atoms with Crippen molar-refractivity contribution in [2.45, 2.75) is 26.3 Å². The molecule has 5 nitrogen and oxygen atoms in total. The molecule has 0 spiro atoms. The summed E-state index contributed by atoms with van der Waals surface area (Å²) in [5, 5.41) is 7.75. The second kappa shape index (κ2) is 10.6. The fourth-order valence-electron chi connectivity index (χ4n) is 3.50. The van der Waals surface area contributed by atoms with Gasteiger partial charge in [-0.3, -0.25) is 9.48 Å². The van der Waals surface area contributed by atoms with Gasteiger partial charge in [-0.15, -0.1) is 0 Å². The predicted octanol–water partition coefficient (Wildman–Crippen LogP) is 7.40. The molecule has 36 heavy (non-hydrogen) atoms. The van der Waals surface area contributed by atoms with Gasteiger partial charge in [0.05, 0.1) is 17.1 Å². The minimum absolute atomic E-state index is 0.129. The van der Waals surface area contributed by atoms with E-state index in [1.54, 1.807) is 55.5 Å². The second-order valence-electron chi connectivity index (χ2n) is 8.02. The molecule has 0 saturated carbocycles. The number of carbonyl (C=O) groups excluding carboxylic acids is 1. The van der Waals surface area contributed by atoms with Gasteiger partial charge >= 0.3 is 6.18 Å². The molecule has 1 N–H and O–H groups in total. The highest BCUT2D eigenvalue weighted by molar-refractivity contribution is 6.42. The number of amides is 1. The fourth-order valence-corrected chi connectivity index (χ4v) is 3.84. The Labute approximate surface area is 215 Å². The van der Waals surface area contributed by atoms with Crippen molar-refractivity contribution in [3.63, 3.8) is 0 Å². The number of anilines is 1. The first-order valence-corrected chi connectivity index (χ1v) is 11.5. The molecule has 0 aliphatic heterocycles. The smallest absolute Gasteiger partial charge is 0.416 e. The van der Waals surface area contributed by atoms with E-state index in [-0.39, 0.29) is 24.9 Å². The van der Waals surface area contributed by atoms with E-state index < -0.39 is 11.7 Å². The van der Waals surface area contributed by atoms with Gasteiger partial charge in [-0.1, -0.05) is 53.5 Å². The van der Waals surface area contributed by atoms with Crippen molar-refractivity contribution in [2.24, 2.45) is 0 Å². The summed E-state index contributed by atoms with van der Waals surface area (Å²) in [6, 6.07) is 18.7. The highest BCUT2D eigenvalue weighted by Gasteiger charge is 2.30. The third-order valence-corrected chi connectivity index (χ3v) is 6.11. The molecule has 0 atom stereocenters. The molecule has 0 radical (unpaired) electrons. The van der Waals surface area contributed by atoms with E-state index in [0.717, 1.165) is 17.7 Å². The SMILES string of the molecule is Cc1cc(NC(=O)c2cccc(COc3cccc(Cl)c3Cl)c2)nn1Cc1cccc(C(F)(F)F)c1. The number of benzene rings is 3. The van der Waals surface area contributed by atoms with Crippen molar-refractivity contribution >= 4 is 34.9 Å². The van der Waals surface area contributed by atoms with Gasteiger partial charge in [-0.25, -0.2) is 0 Å². The van der Waals surface area contributed by atoms with E-state index in [0.29, 0.717) is 32.6 Å². The standard InChI is InChI=1S/C26H20Cl2F3N3O2/c1-16-11-23(33-34(16)14-17-5-3-8-20(13-17)26(29,30)31)32-25(35)19-7-2-6-18(12-19)15-36-22-10-4-9-21(27)24(22)28/h2-13H,14-15H2,1H3,(H,32,33,35). The maximum atomic E-state index is 13.0. The van der Waals surface area contributed by atoms with Crippen LogP contribution in [0.3, 0.4) is 0 Å². The van der Waals surface area contributed by atoms with Crippen LogP contribution in [0.1, 0.15) is 32.7 Å². The van der Waals surface area contributed by atoms with Crippen molar-refractivity contribution in [3.8, 4) is 5.75 Å².